The maximum absolute atomic E-state index is 14.8. The normalized spacial score (nSPS) is 20.5. The molecule has 2 aliphatic rings. The zero-order chi connectivity index (χ0) is 21.2. The van der Waals surface area contributed by atoms with Gasteiger partial charge < -0.3 is 20.1 Å². The van der Waals surface area contributed by atoms with Crippen LogP contribution in [0.5, 0.6) is 0 Å². The molecule has 0 spiro atoms. The third-order valence-corrected chi connectivity index (χ3v) is 4.61. The van der Waals surface area contributed by atoms with E-state index in [9.17, 15) is 14.0 Å². The molecule has 29 heavy (non-hydrogen) atoms. The van der Waals surface area contributed by atoms with Crippen molar-refractivity contribution >= 4 is 23.6 Å². The van der Waals surface area contributed by atoms with Crippen LogP contribution in [0.25, 0.3) is 0 Å². The predicted octanol–water partition coefficient (Wildman–Crippen LogP) is 1.67. The van der Waals surface area contributed by atoms with Crippen molar-refractivity contribution in [2.24, 2.45) is 5.73 Å². The van der Waals surface area contributed by atoms with E-state index in [0.717, 1.165) is 0 Å². The zero-order valence-corrected chi connectivity index (χ0v) is 17.0. The van der Waals surface area contributed by atoms with E-state index >= 15 is 0 Å². The molecule has 1 aromatic carbocycles. The minimum absolute atomic E-state index is 0.220. The summed E-state index contributed by atoms with van der Waals surface area (Å²) in [6.45, 7) is 7.67. The molecule has 0 aromatic heterocycles. The van der Waals surface area contributed by atoms with Crippen LogP contribution in [0.4, 0.5) is 25.4 Å². The van der Waals surface area contributed by atoms with Crippen molar-refractivity contribution in [1.82, 2.24) is 10.4 Å². The molecule has 0 unspecified atom stereocenters. The van der Waals surface area contributed by atoms with Crippen LogP contribution < -0.4 is 21.0 Å². The SMILES string of the molecule is CC(C)(C)OC(=O)N1CCN(c2ccc(N3C[C@H](CN)OC3=O)cc2F)CCN1. The summed E-state index contributed by atoms with van der Waals surface area (Å²) in [7, 11) is 0. The van der Waals surface area contributed by atoms with Gasteiger partial charge in [0.25, 0.3) is 0 Å². The largest absolute Gasteiger partial charge is 0.443 e. The number of halogens is 1. The molecule has 2 aliphatic heterocycles. The van der Waals surface area contributed by atoms with Gasteiger partial charge in [-0.25, -0.2) is 24.4 Å². The van der Waals surface area contributed by atoms with Crippen molar-refractivity contribution in [3.05, 3.63) is 24.0 Å². The zero-order valence-electron chi connectivity index (χ0n) is 17.0. The van der Waals surface area contributed by atoms with Crippen molar-refractivity contribution in [2.45, 2.75) is 32.5 Å². The molecule has 0 bridgehead atoms. The number of cyclic esters (lactones) is 1. The lowest BCUT2D eigenvalue weighted by atomic mass is 10.2. The quantitative estimate of drug-likeness (QED) is 0.783. The molecule has 3 N–H and O–H groups in total. The first-order valence-electron chi connectivity index (χ1n) is 9.64. The molecule has 2 fully saturated rings. The van der Waals surface area contributed by atoms with Crippen LogP contribution in [0.2, 0.25) is 0 Å². The predicted molar refractivity (Wildman–Crippen MR) is 106 cm³/mol. The van der Waals surface area contributed by atoms with Crippen molar-refractivity contribution in [3.63, 3.8) is 0 Å². The monoisotopic (exact) mass is 409 g/mol. The Kier molecular flexibility index (Phi) is 6.13. The minimum Gasteiger partial charge on any atom is -0.443 e. The van der Waals surface area contributed by atoms with Crippen LogP contribution >= 0.6 is 0 Å². The van der Waals surface area contributed by atoms with Crippen LogP contribution in [-0.2, 0) is 9.47 Å². The summed E-state index contributed by atoms with van der Waals surface area (Å²) in [5.41, 5.74) is 8.79. The molecule has 0 radical (unpaired) electrons. The third kappa shape index (κ3) is 5.07. The van der Waals surface area contributed by atoms with Gasteiger partial charge in [0.15, 0.2) is 0 Å². The molecule has 0 aliphatic carbocycles. The number of hydrazine groups is 1. The Balaban J connectivity index is 1.67. The molecule has 160 valence electrons. The van der Waals surface area contributed by atoms with E-state index < -0.39 is 23.6 Å². The summed E-state index contributed by atoms with van der Waals surface area (Å²) in [6, 6.07) is 4.64. The summed E-state index contributed by atoms with van der Waals surface area (Å²) in [4.78, 5) is 27.4. The molecular formula is C19H28FN5O4. The number of rotatable bonds is 3. The van der Waals surface area contributed by atoms with E-state index in [2.05, 4.69) is 5.43 Å². The molecule has 0 saturated carbocycles. The van der Waals surface area contributed by atoms with E-state index in [1.165, 1.54) is 16.0 Å². The summed E-state index contributed by atoms with van der Waals surface area (Å²) in [6.07, 6.45) is -1.38. The van der Waals surface area contributed by atoms with Crippen molar-refractivity contribution < 1.29 is 23.5 Å². The molecular weight excluding hydrogens is 381 g/mol. The van der Waals surface area contributed by atoms with Crippen molar-refractivity contribution in [1.29, 1.82) is 0 Å². The Bertz CT molecular complexity index is 769. The number of ether oxygens (including phenoxy) is 2. The first kappa shape index (κ1) is 21.1. The van der Waals surface area contributed by atoms with Gasteiger partial charge in [-0.1, -0.05) is 0 Å². The number of carbonyl (C=O) groups is 2. The van der Waals surface area contributed by atoms with Crippen LogP contribution in [0, 0.1) is 5.82 Å². The Labute approximate surface area is 169 Å². The van der Waals surface area contributed by atoms with Gasteiger partial charge in [-0.2, -0.15) is 0 Å². The number of benzene rings is 1. The number of hydrogen-bond acceptors (Lipinski definition) is 7. The summed E-state index contributed by atoms with van der Waals surface area (Å²) in [5.74, 6) is -0.447. The molecule has 1 atom stereocenters. The second-order valence-corrected chi connectivity index (χ2v) is 8.01. The Hall–Kier alpha value is -2.59. The first-order chi connectivity index (χ1) is 13.7. The lowest BCUT2D eigenvalue weighted by Crippen LogP contribution is -2.46. The highest BCUT2D eigenvalue weighted by molar-refractivity contribution is 5.90. The average Bonchev–Trinajstić information content (AvgIpc) is 2.86. The molecule has 2 saturated heterocycles. The van der Waals surface area contributed by atoms with E-state index in [4.69, 9.17) is 15.2 Å². The van der Waals surface area contributed by atoms with Crippen LogP contribution in [-0.4, -0.2) is 68.2 Å². The van der Waals surface area contributed by atoms with E-state index in [1.807, 2.05) is 4.90 Å². The van der Waals surface area contributed by atoms with Gasteiger partial charge >= 0.3 is 12.2 Å². The highest BCUT2D eigenvalue weighted by Crippen LogP contribution is 2.28. The van der Waals surface area contributed by atoms with E-state index in [-0.39, 0.29) is 12.6 Å². The van der Waals surface area contributed by atoms with E-state index in [1.54, 1.807) is 32.9 Å². The maximum atomic E-state index is 14.8. The summed E-state index contributed by atoms with van der Waals surface area (Å²) >= 11 is 0. The average molecular weight is 409 g/mol. The van der Waals surface area contributed by atoms with Crippen LogP contribution in [0.1, 0.15) is 20.8 Å². The smallest absolute Gasteiger partial charge is 0.424 e. The minimum atomic E-state index is -0.591. The number of hydrogen-bond donors (Lipinski definition) is 2. The Morgan fingerprint density at radius 2 is 2.10 bits per heavy atom. The van der Waals surface area contributed by atoms with Gasteiger partial charge in [0.05, 0.1) is 24.5 Å². The molecule has 10 heteroatoms. The summed E-state index contributed by atoms with van der Waals surface area (Å²) in [5, 5.41) is 1.41. The number of nitrogens with one attached hydrogen (secondary N) is 1. The topological polar surface area (TPSA) is 100 Å². The van der Waals surface area contributed by atoms with Gasteiger partial charge in [0, 0.05) is 26.2 Å². The standard InChI is InChI=1S/C19H28FN5O4/c1-19(2,3)29-18(27)25-9-8-23(7-6-22-25)16-5-4-13(10-15(16)20)24-12-14(11-21)28-17(24)26/h4-5,10,14,22H,6-9,11-12,21H2,1-3H3/t14-/m0/s1. The number of carbonyl (C=O) groups excluding carboxylic acids is 2. The van der Waals surface area contributed by atoms with Crippen LogP contribution in [0.15, 0.2) is 18.2 Å². The Morgan fingerprint density at radius 1 is 1.34 bits per heavy atom. The van der Waals surface area contributed by atoms with Gasteiger partial charge in [0.1, 0.15) is 17.5 Å². The van der Waals surface area contributed by atoms with Crippen LogP contribution in [0.3, 0.4) is 0 Å². The lowest BCUT2D eigenvalue weighted by molar-refractivity contribution is 0.0161. The van der Waals surface area contributed by atoms with Crippen molar-refractivity contribution in [3.8, 4) is 0 Å². The lowest BCUT2D eigenvalue weighted by Gasteiger charge is -2.27. The molecule has 2 amide bonds. The molecule has 2 heterocycles. The first-order valence-corrected chi connectivity index (χ1v) is 9.64. The molecule has 3 rings (SSSR count). The number of nitrogens with zero attached hydrogens (tertiary/aromatic N) is 3. The number of nitrogens with two attached hydrogens (primary N) is 1. The molecule has 9 nitrogen and oxygen atoms in total. The van der Waals surface area contributed by atoms with E-state index in [0.29, 0.717) is 44.1 Å². The summed E-state index contributed by atoms with van der Waals surface area (Å²) < 4.78 is 25.3. The van der Waals surface area contributed by atoms with Gasteiger partial charge in [-0.15, -0.1) is 0 Å². The third-order valence-electron chi connectivity index (χ3n) is 4.61. The second-order valence-electron chi connectivity index (χ2n) is 8.01. The number of amides is 2. The fourth-order valence-electron chi connectivity index (χ4n) is 3.22. The fraction of sp³-hybridized carbons (Fsp3) is 0.579. The second kappa shape index (κ2) is 8.42. The maximum Gasteiger partial charge on any atom is 0.424 e. The van der Waals surface area contributed by atoms with Gasteiger partial charge in [0.2, 0.25) is 0 Å². The highest BCUT2D eigenvalue weighted by Gasteiger charge is 2.32. The van der Waals surface area contributed by atoms with Crippen molar-refractivity contribution in [2.75, 3.05) is 49.1 Å². The van der Waals surface area contributed by atoms with Gasteiger partial charge in [-0.05, 0) is 39.0 Å². The Morgan fingerprint density at radius 3 is 2.72 bits per heavy atom. The fourth-order valence-corrected chi connectivity index (χ4v) is 3.22. The highest BCUT2D eigenvalue weighted by atomic mass is 19.1. The number of anilines is 2. The molecule has 1 aromatic rings. The van der Waals surface area contributed by atoms with Gasteiger partial charge in [-0.3, -0.25) is 4.90 Å².